The maximum atomic E-state index is 13.9. The van der Waals surface area contributed by atoms with E-state index in [1.165, 1.54) is 15.9 Å². The average Bonchev–Trinajstić information content (AvgIpc) is 3.21. The van der Waals surface area contributed by atoms with Crippen molar-refractivity contribution in [3.05, 3.63) is 89.0 Å². The fourth-order valence-electron chi connectivity index (χ4n) is 4.23. The Morgan fingerprint density at radius 2 is 1.90 bits per heavy atom. The lowest BCUT2D eigenvalue weighted by atomic mass is 9.95. The molecule has 2 aromatic carbocycles. The molecule has 0 unspecified atom stereocenters. The van der Waals surface area contributed by atoms with E-state index in [1.54, 1.807) is 71.2 Å². The summed E-state index contributed by atoms with van der Waals surface area (Å²) in [5.41, 5.74) is 1.81. The number of aromatic nitrogens is 1. The molecule has 1 atom stereocenters. The normalized spacial score (nSPS) is 15.0. The van der Waals surface area contributed by atoms with Crippen molar-refractivity contribution in [2.45, 2.75) is 39.8 Å². The molecule has 0 bridgehead atoms. The highest BCUT2D eigenvalue weighted by Crippen LogP contribution is 2.37. The number of halogens is 1. The van der Waals surface area contributed by atoms with Crippen molar-refractivity contribution < 1.29 is 28.5 Å². The van der Waals surface area contributed by atoms with E-state index in [4.69, 9.17) is 18.9 Å². The fraction of sp³-hybridized carbons (Fsp3) is 0.310. The first kappa shape index (κ1) is 29.3. The molecular formula is C29H29BrN2O7S. The average molecular weight is 630 g/mol. The van der Waals surface area contributed by atoms with E-state index in [9.17, 15) is 14.4 Å². The number of carbonyl (C=O) groups is 2. The Balaban J connectivity index is 1.80. The van der Waals surface area contributed by atoms with Crippen LogP contribution in [0.4, 0.5) is 0 Å². The molecule has 0 fully saturated rings. The zero-order valence-corrected chi connectivity index (χ0v) is 25.1. The molecule has 0 saturated carbocycles. The SMILES string of the molecule is CCOC(=O)COc1ccc(/C=c2\sc3n(c2=O)[C@@H](c2cc(Br)ccc2OC)C(C(=O)OC(C)C)=C(C)N=3)cc1. The molecule has 1 aliphatic rings. The van der Waals surface area contributed by atoms with Gasteiger partial charge in [0.15, 0.2) is 11.4 Å². The van der Waals surface area contributed by atoms with Crippen LogP contribution in [0.15, 0.2) is 68.0 Å². The van der Waals surface area contributed by atoms with Gasteiger partial charge in [-0.05, 0) is 69.7 Å². The Hall–Kier alpha value is -3.70. The van der Waals surface area contributed by atoms with Crippen LogP contribution in [0.5, 0.6) is 11.5 Å². The molecule has 0 amide bonds. The van der Waals surface area contributed by atoms with Crippen molar-refractivity contribution in [3.63, 3.8) is 0 Å². The highest BCUT2D eigenvalue weighted by Gasteiger charge is 2.35. The van der Waals surface area contributed by atoms with Crippen LogP contribution in [0.25, 0.3) is 6.08 Å². The maximum absolute atomic E-state index is 13.9. The number of nitrogens with zero attached hydrogens (tertiary/aromatic N) is 2. The van der Waals surface area contributed by atoms with Gasteiger partial charge in [-0.2, -0.15) is 0 Å². The number of hydrogen-bond acceptors (Lipinski definition) is 9. The van der Waals surface area contributed by atoms with Crippen LogP contribution in [-0.4, -0.2) is 42.9 Å². The van der Waals surface area contributed by atoms with Crippen molar-refractivity contribution in [3.8, 4) is 11.5 Å². The molecule has 0 radical (unpaired) electrons. The van der Waals surface area contributed by atoms with Crippen LogP contribution in [0.1, 0.15) is 44.9 Å². The molecule has 0 saturated heterocycles. The number of esters is 2. The van der Waals surface area contributed by atoms with Crippen LogP contribution in [0, 0.1) is 0 Å². The number of carbonyl (C=O) groups excluding carboxylic acids is 2. The standard InChI is InChI=1S/C29H29BrN2O7S/c1-6-37-24(33)15-38-20-10-7-18(8-11-20)13-23-27(34)32-26(21-14-19(30)9-12-22(21)36-5)25(28(35)39-16(2)3)17(4)31-29(32)40-23/h7-14,16,26H,6,15H2,1-5H3/b23-13-/t26-/m0/s1. The van der Waals surface area contributed by atoms with Crippen molar-refractivity contribution in [1.82, 2.24) is 4.57 Å². The number of thiazole rings is 1. The van der Waals surface area contributed by atoms with Crippen molar-refractivity contribution >= 4 is 45.3 Å². The number of allylic oxidation sites excluding steroid dienone is 1. The number of hydrogen-bond donors (Lipinski definition) is 0. The third-order valence-electron chi connectivity index (χ3n) is 5.91. The largest absolute Gasteiger partial charge is 0.496 e. The van der Waals surface area contributed by atoms with E-state index in [1.807, 2.05) is 12.1 Å². The molecule has 1 aromatic heterocycles. The first-order valence-corrected chi connectivity index (χ1v) is 14.2. The molecule has 0 N–H and O–H groups in total. The topological polar surface area (TPSA) is 105 Å². The van der Waals surface area contributed by atoms with Crippen molar-refractivity contribution in [1.29, 1.82) is 0 Å². The third-order valence-corrected chi connectivity index (χ3v) is 7.39. The van der Waals surface area contributed by atoms with Gasteiger partial charge in [0.25, 0.3) is 5.56 Å². The first-order valence-electron chi connectivity index (χ1n) is 12.6. The summed E-state index contributed by atoms with van der Waals surface area (Å²) in [5, 5.41) is 0. The van der Waals surface area contributed by atoms with Crippen LogP contribution in [-0.2, 0) is 19.1 Å². The lowest BCUT2D eigenvalue weighted by molar-refractivity contribution is -0.145. The predicted molar refractivity (Wildman–Crippen MR) is 154 cm³/mol. The zero-order chi connectivity index (χ0) is 29.0. The van der Waals surface area contributed by atoms with Crippen LogP contribution >= 0.6 is 27.3 Å². The molecule has 3 aromatic rings. The molecule has 2 heterocycles. The van der Waals surface area contributed by atoms with E-state index >= 15 is 0 Å². The van der Waals surface area contributed by atoms with Gasteiger partial charge in [-0.1, -0.05) is 39.4 Å². The van der Waals surface area contributed by atoms with Crippen molar-refractivity contribution in [2.24, 2.45) is 4.99 Å². The minimum absolute atomic E-state index is 0.189. The number of ether oxygens (including phenoxy) is 4. The van der Waals surface area contributed by atoms with Gasteiger partial charge in [0.05, 0.1) is 35.6 Å². The van der Waals surface area contributed by atoms with Crippen LogP contribution in [0.2, 0.25) is 0 Å². The second kappa shape index (κ2) is 12.6. The summed E-state index contributed by atoms with van der Waals surface area (Å²) in [7, 11) is 1.54. The Kier molecular flexibility index (Phi) is 9.26. The lowest BCUT2D eigenvalue weighted by Gasteiger charge is -2.26. The van der Waals surface area contributed by atoms with Gasteiger partial charge in [0.1, 0.15) is 17.5 Å². The maximum Gasteiger partial charge on any atom is 0.344 e. The van der Waals surface area contributed by atoms with Gasteiger partial charge >= 0.3 is 11.9 Å². The Labute approximate surface area is 243 Å². The number of methoxy groups -OCH3 is 1. The fourth-order valence-corrected chi connectivity index (χ4v) is 5.66. The summed E-state index contributed by atoms with van der Waals surface area (Å²) in [5.74, 6) is 0.0234. The number of fused-ring (bicyclic) bond motifs is 1. The van der Waals surface area contributed by atoms with E-state index in [2.05, 4.69) is 20.9 Å². The van der Waals surface area contributed by atoms with E-state index in [0.29, 0.717) is 32.1 Å². The Morgan fingerprint density at radius 3 is 2.55 bits per heavy atom. The molecule has 0 spiro atoms. The summed E-state index contributed by atoms with van der Waals surface area (Å²) < 4.78 is 24.2. The van der Waals surface area contributed by atoms with Crippen molar-refractivity contribution in [2.75, 3.05) is 20.3 Å². The minimum Gasteiger partial charge on any atom is -0.496 e. The molecule has 0 aliphatic carbocycles. The molecule has 11 heteroatoms. The summed E-state index contributed by atoms with van der Waals surface area (Å²) in [6.07, 6.45) is 1.39. The monoisotopic (exact) mass is 628 g/mol. The molecule has 4 rings (SSSR count). The molecule has 1 aliphatic heterocycles. The zero-order valence-electron chi connectivity index (χ0n) is 22.7. The highest BCUT2D eigenvalue weighted by atomic mass is 79.9. The highest BCUT2D eigenvalue weighted by molar-refractivity contribution is 9.10. The van der Waals surface area contributed by atoms with E-state index in [-0.39, 0.29) is 30.5 Å². The quantitative estimate of drug-likeness (QED) is 0.331. The first-order chi connectivity index (χ1) is 19.1. The summed E-state index contributed by atoms with van der Waals surface area (Å²) in [6.45, 7) is 7.10. The van der Waals surface area contributed by atoms with Crippen LogP contribution in [0.3, 0.4) is 0 Å². The molecule has 9 nitrogen and oxygen atoms in total. The second-order valence-corrected chi connectivity index (χ2v) is 11.0. The molecule has 40 heavy (non-hydrogen) atoms. The number of benzene rings is 2. The smallest absolute Gasteiger partial charge is 0.344 e. The van der Waals surface area contributed by atoms with Gasteiger partial charge in [-0.3, -0.25) is 9.36 Å². The summed E-state index contributed by atoms with van der Waals surface area (Å²) >= 11 is 4.73. The Morgan fingerprint density at radius 1 is 1.18 bits per heavy atom. The van der Waals surface area contributed by atoms with Gasteiger partial charge in [-0.15, -0.1) is 0 Å². The van der Waals surface area contributed by atoms with Gasteiger partial charge in [-0.25, -0.2) is 14.6 Å². The van der Waals surface area contributed by atoms with Gasteiger partial charge in [0.2, 0.25) is 0 Å². The van der Waals surface area contributed by atoms with Gasteiger partial charge in [0, 0.05) is 10.0 Å². The molecular weight excluding hydrogens is 600 g/mol. The van der Waals surface area contributed by atoms with Gasteiger partial charge < -0.3 is 18.9 Å². The third kappa shape index (κ3) is 6.37. The Bertz CT molecular complexity index is 1640. The predicted octanol–water partition coefficient (Wildman–Crippen LogP) is 3.90. The minimum atomic E-state index is -0.809. The van der Waals surface area contributed by atoms with E-state index in [0.717, 1.165) is 10.0 Å². The lowest BCUT2D eigenvalue weighted by Crippen LogP contribution is -2.40. The molecule has 210 valence electrons. The number of rotatable bonds is 9. The van der Waals surface area contributed by atoms with Crippen LogP contribution < -0.4 is 24.4 Å². The summed E-state index contributed by atoms with van der Waals surface area (Å²) in [4.78, 5) is 43.8. The summed E-state index contributed by atoms with van der Waals surface area (Å²) in [6, 6.07) is 11.6. The van der Waals surface area contributed by atoms with E-state index < -0.39 is 18.0 Å². The second-order valence-electron chi connectivity index (χ2n) is 9.08.